The van der Waals surface area contributed by atoms with Crippen LogP contribution >= 0.6 is 0 Å². The van der Waals surface area contributed by atoms with E-state index in [0.29, 0.717) is 6.42 Å². The van der Waals surface area contributed by atoms with Crippen LogP contribution in [0.15, 0.2) is 0 Å². The molecule has 1 atom stereocenters. The summed E-state index contributed by atoms with van der Waals surface area (Å²) in [5, 5.41) is 0. The fraction of sp³-hybridized carbons (Fsp3) is 0.818. The Balaban J connectivity index is 2.88. The van der Waals surface area contributed by atoms with E-state index in [1.165, 1.54) is 0 Å². The molecule has 0 aliphatic carbocycles. The van der Waals surface area contributed by atoms with E-state index in [0.717, 1.165) is 26.2 Å². The molecule has 0 saturated carbocycles. The van der Waals surface area contributed by atoms with E-state index in [1.54, 1.807) is 0 Å². The normalized spacial score (nSPS) is 22.0. The molecule has 1 saturated heterocycles. The number of nitrogens with zero attached hydrogens (tertiary/aromatic N) is 2. The van der Waals surface area contributed by atoms with Gasteiger partial charge in [0.15, 0.2) is 0 Å². The number of hydrogen-bond donors (Lipinski definition) is 2. The molecule has 4 N–H and O–H groups in total. The molecular formula is C11H22N4O2. The van der Waals surface area contributed by atoms with Crippen LogP contribution in [0.2, 0.25) is 0 Å². The minimum atomic E-state index is -0.910. The van der Waals surface area contributed by atoms with Crippen LogP contribution < -0.4 is 11.5 Å². The lowest BCUT2D eigenvalue weighted by molar-refractivity contribution is -0.137. The molecule has 1 unspecified atom stereocenters. The van der Waals surface area contributed by atoms with Crippen molar-refractivity contribution in [3.63, 3.8) is 0 Å². The van der Waals surface area contributed by atoms with Crippen LogP contribution in [0.3, 0.4) is 0 Å². The first-order valence-electron chi connectivity index (χ1n) is 5.94. The molecule has 0 aromatic rings. The van der Waals surface area contributed by atoms with Gasteiger partial charge in [0.1, 0.15) is 5.54 Å². The maximum Gasteiger partial charge on any atom is 0.238 e. The van der Waals surface area contributed by atoms with Gasteiger partial charge in [0.25, 0.3) is 0 Å². The molecule has 1 aliphatic rings. The lowest BCUT2D eigenvalue weighted by atomic mass is 9.88. The van der Waals surface area contributed by atoms with Gasteiger partial charge < -0.3 is 16.4 Å². The monoisotopic (exact) mass is 242 g/mol. The summed E-state index contributed by atoms with van der Waals surface area (Å²) in [6, 6.07) is 0. The van der Waals surface area contributed by atoms with Gasteiger partial charge in [0.05, 0.1) is 6.42 Å². The summed E-state index contributed by atoms with van der Waals surface area (Å²) in [6.45, 7) is 5.08. The van der Waals surface area contributed by atoms with Gasteiger partial charge in [0.2, 0.25) is 11.8 Å². The van der Waals surface area contributed by atoms with E-state index >= 15 is 0 Å². The number of carbonyl (C=O) groups is 2. The predicted octanol–water partition coefficient (Wildman–Crippen LogP) is -1.26. The molecule has 6 nitrogen and oxygen atoms in total. The summed E-state index contributed by atoms with van der Waals surface area (Å²) >= 11 is 0. The van der Waals surface area contributed by atoms with Gasteiger partial charge in [-0.25, -0.2) is 0 Å². The average Bonchev–Trinajstić information content (AvgIpc) is 2.26. The number of amides is 2. The second kappa shape index (κ2) is 5.46. The van der Waals surface area contributed by atoms with Crippen molar-refractivity contribution < 1.29 is 9.59 Å². The predicted molar refractivity (Wildman–Crippen MR) is 65.1 cm³/mol. The van der Waals surface area contributed by atoms with Gasteiger partial charge in [-0.05, 0) is 13.5 Å². The molecule has 1 heterocycles. The van der Waals surface area contributed by atoms with E-state index in [9.17, 15) is 9.59 Å². The minimum Gasteiger partial charge on any atom is -0.370 e. The molecule has 1 rings (SSSR count). The molecular weight excluding hydrogens is 220 g/mol. The van der Waals surface area contributed by atoms with Crippen molar-refractivity contribution in [1.82, 2.24) is 9.80 Å². The molecule has 0 aromatic heterocycles. The summed E-state index contributed by atoms with van der Waals surface area (Å²) in [4.78, 5) is 27.1. The molecule has 98 valence electrons. The molecule has 0 bridgehead atoms. The molecule has 0 radical (unpaired) electrons. The maximum absolute atomic E-state index is 11.7. The highest BCUT2D eigenvalue weighted by Crippen LogP contribution is 2.25. The van der Waals surface area contributed by atoms with Crippen molar-refractivity contribution in [2.24, 2.45) is 11.5 Å². The summed E-state index contributed by atoms with van der Waals surface area (Å²) in [5.41, 5.74) is 9.83. The SMILES string of the molecule is CCC(CC(N)=O)(C(N)=O)N1CCN(C)CC1. The first-order chi connectivity index (χ1) is 7.92. The van der Waals surface area contributed by atoms with Gasteiger partial charge in [-0.2, -0.15) is 0 Å². The Labute approximate surface area is 102 Å². The highest BCUT2D eigenvalue weighted by molar-refractivity contribution is 5.90. The fourth-order valence-corrected chi connectivity index (χ4v) is 2.40. The fourth-order valence-electron chi connectivity index (χ4n) is 2.40. The highest BCUT2D eigenvalue weighted by atomic mass is 16.2. The third-order valence-corrected chi connectivity index (χ3v) is 3.62. The highest BCUT2D eigenvalue weighted by Gasteiger charge is 2.43. The second-order valence-corrected chi connectivity index (χ2v) is 4.68. The van der Waals surface area contributed by atoms with E-state index in [1.807, 2.05) is 18.9 Å². The number of nitrogens with two attached hydrogens (primary N) is 2. The lowest BCUT2D eigenvalue weighted by Gasteiger charge is -2.44. The van der Waals surface area contributed by atoms with Gasteiger partial charge in [0, 0.05) is 26.2 Å². The summed E-state index contributed by atoms with van der Waals surface area (Å²) in [5.74, 6) is -0.937. The Morgan fingerprint density at radius 2 is 1.71 bits per heavy atom. The smallest absolute Gasteiger partial charge is 0.238 e. The van der Waals surface area contributed by atoms with Crippen LogP contribution in [0.25, 0.3) is 0 Å². The van der Waals surface area contributed by atoms with Crippen LogP contribution in [0, 0.1) is 0 Å². The van der Waals surface area contributed by atoms with Crippen molar-refractivity contribution in [2.75, 3.05) is 33.2 Å². The molecule has 0 aromatic carbocycles. The van der Waals surface area contributed by atoms with E-state index in [4.69, 9.17) is 11.5 Å². The summed E-state index contributed by atoms with van der Waals surface area (Å²) in [7, 11) is 2.03. The van der Waals surface area contributed by atoms with Gasteiger partial charge in [-0.1, -0.05) is 6.92 Å². The largest absolute Gasteiger partial charge is 0.370 e. The van der Waals surface area contributed by atoms with E-state index < -0.39 is 17.4 Å². The van der Waals surface area contributed by atoms with E-state index in [-0.39, 0.29) is 6.42 Å². The molecule has 17 heavy (non-hydrogen) atoms. The second-order valence-electron chi connectivity index (χ2n) is 4.68. The van der Waals surface area contributed by atoms with Crippen LogP contribution in [0.5, 0.6) is 0 Å². The van der Waals surface area contributed by atoms with Gasteiger partial charge >= 0.3 is 0 Å². The van der Waals surface area contributed by atoms with Crippen molar-refractivity contribution >= 4 is 11.8 Å². The Morgan fingerprint density at radius 3 is 2.06 bits per heavy atom. The van der Waals surface area contributed by atoms with Crippen LogP contribution in [-0.2, 0) is 9.59 Å². The standard InChI is InChI=1S/C11H22N4O2/c1-3-11(10(13)17,8-9(12)16)15-6-4-14(2)5-7-15/h3-8H2,1-2H3,(H2,12,16)(H2,13,17). The summed E-state index contributed by atoms with van der Waals surface area (Å²) in [6.07, 6.45) is 0.511. The molecule has 1 fully saturated rings. The Hall–Kier alpha value is -1.14. The maximum atomic E-state index is 11.7. The quantitative estimate of drug-likeness (QED) is 0.629. The van der Waals surface area contributed by atoms with Gasteiger partial charge in [-0.3, -0.25) is 14.5 Å². The van der Waals surface area contributed by atoms with E-state index in [2.05, 4.69) is 4.90 Å². The number of primary amides is 2. The topological polar surface area (TPSA) is 92.7 Å². The third-order valence-electron chi connectivity index (χ3n) is 3.62. The summed E-state index contributed by atoms with van der Waals surface area (Å²) < 4.78 is 0. The van der Waals surface area contributed by atoms with Gasteiger partial charge in [-0.15, -0.1) is 0 Å². The van der Waals surface area contributed by atoms with Crippen molar-refractivity contribution in [2.45, 2.75) is 25.3 Å². The Morgan fingerprint density at radius 1 is 1.18 bits per heavy atom. The number of piperazine rings is 1. The molecule has 0 spiro atoms. The Bertz CT molecular complexity index is 300. The van der Waals surface area contributed by atoms with Crippen molar-refractivity contribution in [1.29, 1.82) is 0 Å². The lowest BCUT2D eigenvalue weighted by Crippen LogP contribution is -2.63. The zero-order chi connectivity index (χ0) is 13.1. The zero-order valence-corrected chi connectivity index (χ0v) is 10.6. The van der Waals surface area contributed by atoms with Crippen LogP contribution in [-0.4, -0.2) is 60.4 Å². The Kier molecular flexibility index (Phi) is 4.47. The number of hydrogen-bond acceptors (Lipinski definition) is 4. The zero-order valence-electron chi connectivity index (χ0n) is 10.6. The van der Waals surface area contributed by atoms with Crippen molar-refractivity contribution in [3.05, 3.63) is 0 Å². The number of rotatable bonds is 5. The third kappa shape index (κ3) is 2.95. The van der Waals surface area contributed by atoms with Crippen molar-refractivity contribution in [3.8, 4) is 0 Å². The van der Waals surface area contributed by atoms with Crippen LogP contribution in [0.4, 0.5) is 0 Å². The molecule has 1 aliphatic heterocycles. The first-order valence-corrected chi connectivity index (χ1v) is 5.94. The first kappa shape index (κ1) is 13.9. The molecule has 2 amide bonds. The molecule has 6 heteroatoms. The van der Waals surface area contributed by atoms with Crippen LogP contribution in [0.1, 0.15) is 19.8 Å². The average molecular weight is 242 g/mol. The minimum absolute atomic E-state index is 0.00253. The number of likely N-dealkylation sites (N-methyl/N-ethyl adjacent to an activating group) is 1. The number of carbonyl (C=O) groups excluding carboxylic acids is 2.